The maximum absolute atomic E-state index is 5.27. The smallest absolute Gasteiger partial charge is 0.276 e. The van der Waals surface area contributed by atoms with Gasteiger partial charge in [-0.05, 0) is 11.4 Å². The van der Waals surface area contributed by atoms with Crippen molar-refractivity contribution in [3.05, 3.63) is 23.8 Å². The summed E-state index contributed by atoms with van der Waals surface area (Å²) in [5.74, 6) is 0.566. The van der Waals surface area contributed by atoms with Crippen LogP contribution in [0.4, 0.5) is 0 Å². The summed E-state index contributed by atoms with van der Waals surface area (Å²) in [5, 5.41) is 10.1. The summed E-state index contributed by atoms with van der Waals surface area (Å²) >= 11 is 2.78. The molecule has 0 aromatic carbocycles. The van der Waals surface area contributed by atoms with Gasteiger partial charge in [0.1, 0.15) is 0 Å². The van der Waals surface area contributed by atoms with E-state index in [9.17, 15) is 0 Å². The molecular weight excluding hydrogens is 192 g/mol. The van der Waals surface area contributed by atoms with E-state index in [1.54, 1.807) is 11.3 Å². The molecular formula is C7H5N2OS2. The fraction of sp³-hybridized carbons (Fsp3) is 0. The van der Waals surface area contributed by atoms with Crippen molar-refractivity contribution in [3.63, 3.8) is 0 Å². The highest BCUT2D eigenvalue weighted by Crippen LogP contribution is 2.25. The van der Waals surface area contributed by atoms with Gasteiger partial charge in [-0.2, -0.15) is 0 Å². The average Bonchev–Trinajstić information content (AvgIpc) is 2.75. The second-order valence-corrected chi connectivity index (χ2v) is 3.58. The molecule has 2 heterocycles. The minimum absolute atomic E-state index is 0.499. The number of thiophene rings is 1. The van der Waals surface area contributed by atoms with Gasteiger partial charge in [-0.15, -0.1) is 21.5 Å². The molecule has 0 N–H and O–H groups in total. The van der Waals surface area contributed by atoms with Gasteiger partial charge in [-0.1, -0.05) is 17.8 Å². The first-order valence-corrected chi connectivity index (χ1v) is 5.06. The molecule has 12 heavy (non-hydrogen) atoms. The van der Waals surface area contributed by atoms with E-state index in [2.05, 4.69) is 16.5 Å². The summed E-state index contributed by atoms with van der Waals surface area (Å²) < 4.78 is 5.27. The standard InChI is InChI=1S/C7H5N2OS2/c1-11-7-9-8-6(10-7)5-3-2-4-12-5/h2-4H,1H2. The molecule has 0 saturated heterocycles. The summed E-state index contributed by atoms with van der Waals surface area (Å²) in [6.45, 7) is 0. The third-order valence-corrected chi connectivity index (χ3v) is 2.53. The highest BCUT2D eigenvalue weighted by molar-refractivity contribution is 8.00. The lowest BCUT2D eigenvalue weighted by Crippen LogP contribution is -1.69. The SMILES string of the molecule is [CH2]Sc1nnc(-c2cccs2)o1. The van der Waals surface area contributed by atoms with Crippen LogP contribution in [0.1, 0.15) is 0 Å². The molecule has 0 saturated carbocycles. The van der Waals surface area contributed by atoms with E-state index in [0.717, 1.165) is 4.88 Å². The van der Waals surface area contributed by atoms with E-state index in [1.807, 2.05) is 17.5 Å². The van der Waals surface area contributed by atoms with E-state index in [1.165, 1.54) is 11.8 Å². The highest BCUT2D eigenvalue weighted by atomic mass is 32.2. The molecule has 0 bridgehead atoms. The second-order valence-electron chi connectivity index (χ2n) is 1.99. The van der Waals surface area contributed by atoms with Crippen LogP contribution < -0.4 is 0 Å². The number of hydrogen-bond acceptors (Lipinski definition) is 5. The van der Waals surface area contributed by atoms with Gasteiger partial charge in [-0.3, -0.25) is 0 Å². The molecule has 5 heteroatoms. The molecule has 0 aliphatic heterocycles. The van der Waals surface area contributed by atoms with Crippen LogP contribution in [-0.4, -0.2) is 10.2 Å². The molecule has 3 nitrogen and oxygen atoms in total. The molecule has 0 amide bonds. The van der Waals surface area contributed by atoms with Crippen molar-refractivity contribution in [2.75, 3.05) is 0 Å². The number of aromatic nitrogens is 2. The van der Waals surface area contributed by atoms with Crippen molar-refractivity contribution in [2.45, 2.75) is 5.22 Å². The van der Waals surface area contributed by atoms with Crippen molar-refractivity contribution in [1.29, 1.82) is 0 Å². The number of nitrogens with zero attached hydrogens (tertiary/aromatic N) is 2. The summed E-state index contributed by atoms with van der Waals surface area (Å²) in [7, 11) is 0. The summed E-state index contributed by atoms with van der Waals surface area (Å²) in [6, 6.07) is 3.89. The van der Waals surface area contributed by atoms with Gasteiger partial charge in [0.2, 0.25) is 0 Å². The van der Waals surface area contributed by atoms with Crippen LogP contribution >= 0.6 is 23.1 Å². The van der Waals surface area contributed by atoms with E-state index in [4.69, 9.17) is 4.42 Å². The third-order valence-electron chi connectivity index (χ3n) is 1.26. The van der Waals surface area contributed by atoms with Gasteiger partial charge < -0.3 is 4.42 Å². The first-order valence-electron chi connectivity index (χ1n) is 3.19. The quantitative estimate of drug-likeness (QED) is 0.694. The van der Waals surface area contributed by atoms with Gasteiger partial charge >= 0.3 is 0 Å². The summed E-state index contributed by atoms with van der Waals surface area (Å²) in [6.07, 6.45) is 3.57. The molecule has 0 unspecified atom stereocenters. The molecule has 61 valence electrons. The molecule has 0 spiro atoms. The lowest BCUT2D eigenvalue weighted by atomic mass is 10.5. The Morgan fingerprint density at radius 3 is 3.00 bits per heavy atom. The largest absolute Gasteiger partial charge is 0.410 e. The van der Waals surface area contributed by atoms with E-state index in [0.29, 0.717) is 11.1 Å². The summed E-state index contributed by atoms with van der Waals surface area (Å²) in [4.78, 5) is 0.989. The number of thioether (sulfide) groups is 1. The van der Waals surface area contributed by atoms with Gasteiger partial charge in [0.25, 0.3) is 11.1 Å². The second kappa shape index (κ2) is 3.28. The van der Waals surface area contributed by atoms with Gasteiger partial charge in [-0.25, -0.2) is 0 Å². The molecule has 2 aromatic rings. The molecule has 0 atom stereocenters. The highest BCUT2D eigenvalue weighted by Gasteiger charge is 2.07. The lowest BCUT2D eigenvalue weighted by Gasteiger charge is -1.83. The van der Waals surface area contributed by atoms with E-state index in [-0.39, 0.29) is 0 Å². The minimum Gasteiger partial charge on any atom is -0.410 e. The predicted molar refractivity (Wildman–Crippen MR) is 48.8 cm³/mol. The van der Waals surface area contributed by atoms with Crippen LogP contribution in [0.3, 0.4) is 0 Å². The maximum Gasteiger partial charge on any atom is 0.276 e. The molecule has 0 aliphatic rings. The summed E-state index contributed by atoms with van der Waals surface area (Å²) in [5.41, 5.74) is 0. The Morgan fingerprint density at radius 2 is 2.42 bits per heavy atom. The first kappa shape index (κ1) is 7.82. The van der Waals surface area contributed by atoms with Gasteiger partial charge in [0.05, 0.1) is 4.88 Å². The predicted octanol–water partition coefficient (Wildman–Crippen LogP) is 2.68. The van der Waals surface area contributed by atoms with E-state index < -0.39 is 0 Å². The van der Waals surface area contributed by atoms with Crippen molar-refractivity contribution in [3.8, 4) is 10.8 Å². The molecule has 0 aliphatic carbocycles. The Bertz CT molecular complexity index is 355. The van der Waals surface area contributed by atoms with Gasteiger partial charge in [0.15, 0.2) is 0 Å². The Kier molecular flexibility index (Phi) is 2.14. The normalized spacial score (nSPS) is 10.4. The topological polar surface area (TPSA) is 38.9 Å². The zero-order valence-electron chi connectivity index (χ0n) is 6.06. The molecule has 0 fully saturated rings. The van der Waals surface area contributed by atoms with Crippen molar-refractivity contribution in [1.82, 2.24) is 10.2 Å². The van der Waals surface area contributed by atoms with Crippen molar-refractivity contribution < 1.29 is 4.42 Å². The van der Waals surface area contributed by atoms with Crippen molar-refractivity contribution >= 4 is 23.1 Å². The van der Waals surface area contributed by atoms with Crippen LogP contribution in [0.5, 0.6) is 0 Å². The van der Waals surface area contributed by atoms with E-state index >= 15 is 0 Å². The minimum atomic E-state index is 0.499. The zero-order valence-corrected chi connectivity index (χ0v) is 7.69. The Balaban J connectivity index is 2.35. The first-order chi connectivity index (χ1) is 5.90. The fourth-order valence-electron chi connectivity index (χ4n) is 0.768. The maximum atomic E-state index is 5.27. The Morgan fingerprint density at radius 1 is 1.50 bits per heavy atom. The van der Waals surface area contributed by atoms with Crippen LogP contribution in [-0.2, 0) is 0 Å². The number of rotatable bonds is 2. The average molecular weight is 197 g/mol. The monoisotopic (exact) mass is 197 g/mol. The zero-order chi connectivity index (χ0) is 8.39. The Hall–Kier alpha value is -0.810. The Labute approximate surface area is 77.8 Å². The van der Waals surface area contributed by atoms with Crippen molar-refractivity contribution in [2.24, 2.45) is 0 Å². The number of hydrogen-bond donors (Lipinski definition) is 0. The van der Waals surface area contributed by atoms with Crippen LogP contribution in [0.2, 0.25) is 0 Å². The molecule has 1 radical (unpaired) electrons. The van der Waals surface area contributed by atoms with Crippen LogP contribution in [0, 0.1) is 6.26 Å². The third kappa shape index (κ3) is 1.37. The van der Waals surface area contributed by atoms with Crippen LogP contribution in [0.25, 0.3) is 10.8 Å². The molecule has 2 aromatic heterocycles. The lowest BCUT2D eigenvalue weighted by molar-refractivity contribution is 0.467. The van der Waals surface area contributed by atoms with Crippen LogP contribution in [0.15, 0.2) is 27.2 Å². The molecule has 2 rings (SSSR count). The van der Waals surface area contributed by atoms with Gasteiger partial charge in [0, 0.05) is 6.26 Å². The fourth-order valence-corrected chi connectivity index (χ4v) is 1.65.